The highest BCUT2D eigenvalue weighted by Crippen LogP contribution is 2.12. The van der Waals surface area contributed by atoms with E-state index in [0.717, 1.165) is 36.7 Å². The van der Waals surface area contributed by atoms with E-state index in [1.165, 1.54) is 0 Å². The van der Waals surface area contributed by atoms with Gasteiger partial charge in [0.15, 0.2) is 0 Å². The van der Waals surface area contributed by atoms with Gasteiger partial charge in [-0.25, -0.2) is 0 Å². The summed E-state index contributed by atoms with van der Waals surface area (Å²) in [7, 11) is 2.21. The van der Waals surface area contributed by atoms with Crippen LogP contribution in [-0.2, 0) is 0 Å². The van der Waals surface area contributed by atoms with Gasteiger partial charge in [-0.15, -0.1) is 0 Å². The molecular formula is C12H17N2OS+. The predicted molar refractivity (Wildman–Crippen MR) is 68.0 cm³/mol. The molecule has 1 aromatic rings. The molecule has 4 heteroatoms. The van der Waals surface area contributed by atoms with Crippen LogP contribution in [0.4, 0.5) is 0 Å². The predicted octanol–water partition coefficient (Wildman–Crippen LogP) is -0.102. The van der Waals surface area contributed by atoms with Gasteiger partial charge >= 0.3 is 0 Å². The van der Waals surface area contributed by atoms with Crippen LogP contribution >= 0.6 is 12.2 Å². The lowest BCUT2D eigenvalue weighted by atomic mass is 10.2. The van der Waals surface area contributed by atoms with E-state index in [0.29, 0.717) is 0 Å². The van der Waals surface area contributed by atoms with Gasteiger partial charge in [0.1, 0.15) is 10.7 Å². The molecule has 0 unspecified atom stereocenters. The van der Waals surface area contributed by atoms with Crippen molar-refractivity contribution in [1.82, 2.24) is 4.90 Å². The van der Waals surface area contributed by atoms with E-state index in [1.54, 1.807) is 17.0 Å². The van der Waals surface area contributed by atoms with Gasteiger partial charge in [-0.05, 0) is 24.3 Å². The maximum atomic E-state index is 9.22. The van der Waals surface area contributed by atoms with E-state index in [2.05, 4.69) is 11.9 Å². The van der Waals surface area contributed by atoms with Gasteiger partial charge in [0.2, 0.25) is 0 Å². The minimum atomic E-state index is 0.286. The van der Waals surface area contributed by atoms with Crippen LogP contribution in [0.2, 0.25) is 0 Å². The Labute approximate surface area is 101 Å². The number of thiocarbonyl (C=S) groups is 1. The summed E-state index contributed by atoms with van der Waals surface area (Å²) >= 11 is 5.46. The third-order valence-corrected chi connectivity index (χ3v) is 3.51. The maximum Gasteiger partial charge on any atom is 0.115 e. The number of phenols is 1. The quantitative estimate of drug-likeness (QED) is 0.668. The molecular weight excluding hydrogens is 220 g/mol. The molecule has 0 radical (unpaired) electrons. The smallest absolute Gasteiger partial charge is 0.115 e. The molecule has 1 aliphatic heterocycles. The van der Waals surface area contributed by atoms with E-state index in [1.807, 2.05) is 12.1 Å². The molecule has 2 rings (SSSR count). The Balaban J connectivity index is 2.05. The normalized spacial score (nSPS) is 17.4. The summed E-state index contributed by atoms with van der Waals surface area (Å²) in [4.78, 5) is 4.70. The number of phenolic OH excluding ortho intramolecular Hbond substituents is 1. The molecule has 1 heterocycles. The zero-order chi connectivity index (χ0) is 11.5. The van der Waals surface area contributed by atoms with Crippen molar-refractivity contribution in [3.8, 4) is 5.75 Å². The van der Waals surface area contributed by atoms with Crippen LogP contribution in [0.1, 0.15) is 5.56 Å². The second-order valence-corrected chi connectivity index (χ2v) is 4.68. The van der Waals surface area contributed by atoms with Gasteiger partial charge in [0, 0.05) is 5.56 Å². The highest BCUT2D eigenvalue weighted by Gasteiger charge is 2.19. The second-order valence-electron chi connectivity index (χ2n) is 4.30. The van der Waals surface area contributed by atoms with Crippen LogP contribution in [0, 0.1) is 0 Å². The number of nitrogens with one attached hydrogen (secondary N) is 1. The van der Waals surface area contributed by atoms with Crippen LogP contribution in [0.5, 0.6) is 5.75 Å². The third kappa shape index (κ3) is 2.51. The number of likely N-dealkylation sites (N-methyl/N-ethyl adjacent to an activating group) is 1. The average Bonchev–Trinajstić information content (AvgIpc) is 2.30. The molecule has 86 valence electrons. The fraction of sp³-hybridized carbons (Fsp3) is 0.417. The molecule has 0 aliphatic carbocycles. The van der Waals surface area contributed by atoms with E-state index >= 15 is 0 Å². The summed E-state index contributed by atoms with van der Waals surface area (Å²) in [5.41, 5.74) is 1.02. The van der Waals surface area contributed by atoms with Crippen LogP contribution in [0.3, 0.4) is 0 Å². The molecule has 1 aliphatic rings. The minimum absolute atomic E-state index is 0.286. The number of hydrogen-bond acceptors (Lipinski definition) is 2. The molecule has 0 aromatic heterocycles. The fourth-order valence-corrected chi connectivity index (χ4v) is 2.20. The van der Waals surface area contributed by atoms with Gasteiger partial charge in [-0.1, -0.05) is 12.2 Å². The van der Waals surface area contributed by atoms with E-state index < -0.39 is 0 Å². The molecule has 1 saturated heterocycles. The van der Waals surface area contributed by atoms with Crippen molar-refractivity contribution in [2.75, 3.05) is 33.2 Å². The number of rotatable bonds is 1. The highest BCUT2D eigenvalue weighted by atomic mass is 32.1. The molecule has 0 bridgehead atoms. The molecule has 3 nitrogen and oxygen atoms in total. The van der Waals surface area contributed by atoms with Gasteiger partial charge in [-0.3, -0.25) is 0 Å². The number of nitrogens with zero attached hydrogens (tertiary/aromatic N) is 1. The van der Waals surface area contributed by atoms with Crippen LogP contribution in [0.25, 0.3) is 0 Å². The zero-order valence-corrected chi connectivity index (χ0v) is 10.3. The Morgan fingerprint density at radius 3 is 2.38 bits per heavy atom. The number of quaternary nitrogens is 1. The summed E-state index contributed by atoms with van der Waals surface area (Å²) in [6.07, 6.45) is 0. The first-order chi connectivity index (χ1) is 7.66. The molecule has 0 spiro atoms. The van der Waals surface area contributed by atoms with Crippen molar-refractivity contribution in [2.45, 2.75) is 0 Å². The number of aromatic hydroxyl groups is 1. The summed E-state index contributed by atoms with van der Waals surface area (Å²) < 4.78 is 0. The second kappa shape index (κ2) is 4.80. The fourth-order valence-electron chi connectivity index (χ4n) is 1.88. The zero-order valence-electron chi connectivity index (χ0n) is 9.44. The number of piperazine rings is 1. The SMILES string of the molecule is C[NH+]1CCN(C(=S)c2ccc(O)cc2)CC1. The van der Waals surface area contributed by atoms with Crippen molar-refractivity contribution in [2.24, 2.45) is 0 Å². The lowest BCUT2D eigenvalue weighted by Crippen LogP contribution is -3.12. The highest BCUT2D eigenvalue weighted by molar-refractivity contribution is 7.80. The first-order valence-corrected chi connectivity index (χ1v) is 5.97. The Morgan fingerprint density at radius 1 is 1.25 bits per heavy atom. The maximum absolute atomic E-state index is 9.22. The topological polar surface area (TPSA) is 27.9 Å². The van der Waals surface area contributed by atoms with Crippen LogP contribution < -0.4 is 4.90 Å². The van der Waals surface area contributed by atoms with Gasteiger partial charge in [-0.2, -0.15) is 0 Å². The first-order valence-electron chi connectivity index (χ1n) is 5.56. The van der Waals surface area contributed by atoms with Gasteiger partial charge in [0.05, 0.1) is 33.2 Å². The molecule has 1 fully saturated rings. The largest absolute Gasteiger partial charge is 0.508 e. The summed E-state index contributed by atoms with van der Waals surface area (Å²) in [5.74, 6) is 0.286. The number of benzene rings is 1. The lowest BCUT2D eigenvalue weighted by Gasteiger charge is -2.32. The molecule has 16 heavy (non-hydrogen) atoms. The van der Waals surface area contributed by atoms with Crippen molar-refractivity contribution in [3.63, 3.8) is 0 Å². The van der Waals surface area contributed by atoms with Crippen molar-refractivity contribution in [3.05, 3.63) is 29.8 Å². The Hall–Kier alpha value is -1.13. The summed E-state index contributed by atoms with van der Waals surface area (Å²) in [5, 5.41) is 9.22. The van der Waals surface area contributed by atoms with E-state index in [-0.39, 0.29) is 5.75 Å². The van der Waals surface area contributed by atoms with Gasteiger partial charge in [0.25, 0.3) is 0 Å². The molecule has 2 N–H and O–H groups in total. The van der Waals surface area contributed by atoms with Gasteiger partial charge < -0.3 is 14.9 Å². The van der Waals surface area contributed by atoms with Crippen molar-refractivity contribution in [1.29, 1.82) is 0 Å². The molecule has 0 saturated carbocycles. The Kier molecular flexibility index (Phi) is 3.41. The van der Waals surface area contributed by atoms with E-state index in [9.17, 15) is 5.11 Å². The third-order valence-electron chi connectivity index (χ3n) is 3.02. The standard InChI is InChI=1S/C12H16N2OS/c1-13-6-8-14(9-7-13)12(16)10-2-4-11(15)5-3-10/h2-5,15H,6-9H2,1H3/p+1. The minimum Gasteiger partial charge on any atom is -0.508 e. The monoisotopic (exact) mass is 237 g/mol. The lowest BCUT2D eigenvalue weighted by molar-refractivity contribution is -0.883. The van der Waals surface area contributed by atoms with Crippen molar-refractivity contribution < 1.29 is 10.0 Å². The molecule has 0 amide bonds. The molecule has 1 aromatic carbocycles. The Bertz CT molecular complexity index is 369. The first kappa shape index (κ1) is 11.4. The van der Waals surface area contributed by atoms with Crippen LogP contribution in [0.15, 0.2) is 24.3 Å². The van der Waals surface area contributed by atoms with Crippen molar-refractivity contribution >= 4 is 17.2 Å². The number of hydrogen-bond donors (Lipinski definition) is 2. The van der Waals surface area contributed by atoms with Crippen LogP contribution in [-0.4, -0.2) is 48.2 Å². The average molecular weight is 237 g/mol. The summed E-state index contributed by atoms with van der Waals surface area (Å²) in [6.45, 7) is 4.31. The van der Waals surface area contributed by atoms with E-state index in [4.69, 9.17) is 12.2 Å². The Morgan fingerprint density at radius 2 is 1.81 bits per heavy atom. The molecule has 0 atom stereocenters. The summed E-state index contributed by atoms with van der Waals surface area (Å²) in [6, 6.07) is 7.12.